The van der Waals surface area contributed by atoms with Gasteiger partial charge in [-0.3, -0.25) is 0 Å². The maximum atomic E-state index is 12.2. The summed E-state index contributed by atoms with van der Waals surface area (Å²) in [5.41, 5.74) is 0.694. The second-order valence-corrected chi connectivity index (χ2v) is 6.63. The van der Waals surface area contributed by atoms with Crippen LogP contribution >= 0.6 is 23.1 Å². The molecule has 1 aromatic heterocycles. The summed E-state index contributed by atoms with van der Waals surface area (Å²) in [6.07, 6.45) is 5.16. The maximum absolute atomic E-state index is 12.2. The highest BCUT2D eigenvalue weighted by Crippen LogP contribution is 2.23. The quantitative estimate of drug-likeness (QED) is 0.597. The van der Waals surface area contributed by atoms with Gasteiger partial charge in [0.15, 0.2) is 11.4 Å². The SMILES string of the molecule is COC(=O)C1=CC(c2nccs2)=N[S+]([O-])N1CCSC. The number of carbonyl (C=O) groups excluding carboxylic acids is 1. The van der Waals surface area contributed by atoms with Gasteiger partial charge < -0.3 is 9.29 Å². The lowest BCUT2D eigenvalue weighted by Crippen LogP contribution is -2.38. The van der Waals surface area contributed by atoms with Crippen LogP contribution in [0.15, 0.2) is 27.7 Å². The van der Waals surface area contributed by atoms with Crippen LogP contribution in [0.25, 0.3) is 0 Å². The summed E-state index contributed by atoms with van der Waals surface area (Å²) in [5, 5.41) is 2.43. The molecular formula is C11H13N3O3S3. The smallest absolute Gasteiger partial charge is 0.359 e. The first-order valence-corrected chi connectivity index (χ1v) is 8.98. The second-order valence-electron chi connectivity index (χ2n) is 3.66. The van der Waals surface area contributed by atoms with E-state index in [1.54, 1.807) is 29.4 Å². The Morgan fingerprint density at radius 1 is 1.65 bits per heavy atom. The number of hydrogen-bond acceptors (Lipinski definition) is 8. The molecule has 2 rings (SSSR count). The molecule has 0 aliphatic carbocycles. The van der Waals surface area contributed by atoms with Crippen molar-refractivity contribution in [3.8, 4) is 0 Å². The first kappa shape index (κ1) is 15.4. The lowest BCUT2D eigenvalue weighted by molar-refractivity contribution is -0.137. The Kier molecular flexibility index (Phi) is 5.46. The minimum Gasteiger partial charge on any atom is -0.566 e. The van der Waals surface area contributed by atoms with E-state index >= 15 is 0 Å². The summed E-state index contributed by atoms with van der Waals surface area (Å²) in [7, 11) is 1.30. The number of thioether (sulfide) groups is 1. The molecule has 1 atom stereocenters. The Bertz CT molecular complexity index is 530. The summed E-state index contributed by atoms with van der Waals surface area (Å²) in [6.45, 7) is 0.462. The van der Waals surface area contributed by atoms with Crippen molar-refractivity contribution in [2.45, 2.75) is 0 Å². The lowest BCUT2D eigenvalue weighted by atomic mass is 10.3. The third-order valence-electron chi connectivity index (χ3n) is 2.45. The number of allylic oxidation sites excluding steroid dienone is 1. The van der Waals surface area contributed by atoms with Gasteiger partial charge in [0.25, 0.3) is 0 Å². The fourth-order valence-corrected chi connectivity index (χ4v) is 3.62. The number of aromatic nitrogens is 1. The van der Waals surface area contributed by atoms with E-state index in [1.165, 1.54) is 22.8 Å². The van der Waals surface area contributed by atoms with Crippen molar-refractivity contribution in [2.24, 2.45) is 4.40 Å². The topological polar surface area (TPSA) is 77.8 Å². The Balaban J connectivity index is 2.31. The zero-order valence-corrected chi connectivity index (χ0v) is 13.4. The van der Waals surface area contributed by atoms with Crippen molar-refractivity contribution in [1.82, 2.24) is 9.29 Å². The summed E-state index contributed by atoms with van der Waals surface area (Å²) >= 11 is 1.34. The molecule has 0 aromatic carbocycles. The van der Waals surface area contributed by atoms with Crippen molar-refractivity contribution in [1.29, 1.82) is 0 Å². The summed E-state index contributed by atoms with van der Waals surface area (Å²) in [6, 6.07) is 0. The normalized spacial score (nSPS) is 18.6. The van der Waals surface area contributed by atoms with Crippen LogP contribution in [0.5, 0.6) is 0 Å². The standard InChI is InChI=1S/C11H13N3O3S3/c1-17-11(15)9-7-8(10-12-3-5-19-10)13-20(16)14(9)4-6-18-2/h3,5,7H,4,6H2,1-2H3. The number of nitrogens with zero attached hydrogens (tertiary/aromatic N) is 3. The maximum Gasteiger partial charge on any atom is 0.359 e. The average Bonchev–Trinajstić information content (AvgIpc) is 2.98. The number of thiazole rings is 1. The molecule has 0 radical (unpaired) electrons. The molecule has 20 heavy (non-hydrogen) atoms. The van der Waals surface area contributed by atoms with E-state index < -0.39 is 17.5 Å². The molecular weight excluding hydrogens is 318 g/mol. The molecule has 0 bridgehead atoms. The number of carbonyl (C=O) groups is 1. The van der Waals surface area contributed by atoms with Crippen LogP contribution in [0.2, 0.25) is 0 Å². The number of rotatable bonds is 5. The molecule has 2 heterocycles. The predicted octanol–water partition coefficient (Wildman–Crippen LogP) is 1.25. The fourth-order valence-electron chi connectivity index (χ4n) is 1.53. The number of ether oxygens (including phenoxy) is 1. The average molecular weight is 331 g/mol. The first-order valence-electron chi connectivity index (χ1n) is 5.64. The lowest BCUT2D eigenvalue weighted by Gasteiger charge is -2.25. The van der Waals surface area contributed by atoms with Gasteiger partial charge in [-0.15, -0.1) is 11.3 Å². The van der Waals surface area contributed by atoms with Gasteiger partial charge in [-0.05, 0) is 10.7 Å². The van der Waals surface area contributed by atoms with Gasteiger partial charge in [0.05, 0.1) is 13.7 Å². The number of methoxy groups -OCH3 is 1. The Morgan fingerprint density at radius 2 is 2.45 bits per heavy atom. The Labute approximate surface area is 128 Å². The Hall–Kier alpha value is -1.03. The molecule has 0 N–H and O–H groups in total. The molecule has 9 heteroatoms. The largest absolute Gasteiger partial charge is 0.566 e. The molecule has 0 spiro atoms. The summed E-state index contributed by atoms with van der Waals surface area (Å²) < 4.78 is 22.5. The fraction of sp³-hybridized carbons (Fsp3) is 0.364. The molecule has 6 nitrogen and oxygen atoms in total. The molecule has 1 unspecified atom stereocenters. The van der Waals surface area contributed by atoms with Gasteiger partial charge in [0.2, 0.25) is 11.5 Å². The number of esters is 1. The van der Waals surface area contributed by atoms with Crippen molar-refractivity contribution in [3.05, 3.63) is 28.4 Å². The Morgan fingerprint density at radius 3 is 3.05 bits per heavy atom. The first-order chi connectivity index (χ1) is 9.67. The highest BCUT2D eigenvalue weighted by molar-refractivity contribution is 7.98. The third-order valence-corrected chi connectivity index (χ3v) is 4.95. The van der Waals surface area contributed by atoms with Crippen molar-refractivity contribution >= 4 is 46.3 Å². The van der Waals surface area contributed by atoms with E-state index in [9.17, 15) is 9.35 Å². The van der Waals surface area contributed by atoms with E-state index in [2.05, 4.69) is 9.38 Å². The van der Waals surface area contributed by atoms with Gasteiger partial charge in [-0.1, -0.05) is 0 Å². The van der Waals surface area contributed by atoms with Crippen LogP contribution < -0.4 is 0 Å². The molecule has 0 saturated heterocycles. The van der Waals surface area contributed by atoms with E-state index in [0.717, 1.165) is 5.75 Å². The van der Waals surface area contributed by atoms with E-state index in [-0.39, 0.29) is 5.70 Å². The van der Waals surface area contributed by atoms with E-state index in [4.69, 9.17) is 4.74 Å². The van der Waals surface area contributed by atoms with Crippen LogP contribution in [0.1, 0.15) is 5.01 Å². The molecule has 0 amide bonds. The molecule has 1 aliphatic heterocycles. The molecule has 0 fully saturated rings. The van der Waals surface area contributed by atoms with Crippen LogP contribution in [-0.4, -0.2) is 51.2 Å². The van der Waals surface area contributed by atoms with Crippen LogP contribution in [0.3, 0.4) is 0 Å². The van der Waals surface area contributed by atoms with Crippen LogP contribution in [-0.2, 0) is 21.1 Å². The molecule has 0 saturated carbocycles. The highest BCUT2D eigenvalue weighted by Gasteiger charge is 2.34. The zero-order chi connectivity index (χ0) is 14.5. The zero-order valence-electron chi connectivity index (χ0n) is 10.9. The minimum atomic E-state index is -1.64. The van der Waals surface area contributed by atoms with Crippen LogP contribution in [0, 0.1) is 0 Å². The highest BCUT2D eigenvalue weighted by atomic mass is 32.2. The third kappa shape index (κ3) is 3.35. The monoisotopic (exact) mass is 331 g/mol. The van der Waals surface area contributed by atoms with Gasteiger partial charge in [0, 0.05) is 23.4 Å². The van der Waals surface area contributed by atoms with Crippen LogP contribution in [0.4, 0.5) is 0 Å². The summed E-state index contributed by atoms with van der Waals surface area (Å²) in [5.74, 6) is 0.214. The predicted molar refractivity (Wildman–Crippen MR) is 82.0 cm³/mol. The van der Waals surface area contributed by atoms with Gasteiger partial charge in [-0.2, -0.15) is 16.1 Å². The minimum absolute atomic E-state index is 0.250. The molecule has 1 aromatic rings. The summed E-state index contributed by atoms with van der Waals surface area (Å²) in [4.78, 5) is 16.0. The number of hydrogen-bond donors (Lipinski definition) is 0. The van der Waals surface area contributed by atoms with Crippen molar-refractivity contribution in [3.63, 3.8) is 0 Å². The second kappa shape index (κ2) is 7.11. The van der Waals surface area contributed by atoms with Crippen molar-refractivity contribution in [2.75, 3.05) is 25.7 Å². The molecule has 108 valence electrons. The van der Waals surface area contributed by atoms with E-state index in [1.807, 2.05) is 6.26 Å². The van der Waals surface area contributed by atoms with Gasteiger partial charge >= 0.3 is 5.97 Å². The van der Waals surface area contributed by atoms with Gasteiger partial charge in [-0.25, -0.2) is 9.78 Å². The molecule has 1 aliphatic rings. The van der Waals surface area contributed by atoms with Gasteiger partial charge in [0.1, 0.15) is 5.01 Å². The van der Waals surface area contributed by atoms with Crippen molar-refractivity contribution < 1.29 is 14.1 Å². The van der Waals surface area contributed by atoms with E-state index in [0.29, 0.717) is 17.3 Å².